The van der Waals surface area contributed by atoms with Gasteiger partial charge < -0.3 is 5.32 Å². The molecule has 0 saturated carbocycles. The van der Waals surface area contributed by atoms with Crippen LogP contribution in [0, 0.1) is 0 Å². The van der Waals surface area contributed by atoms with Crippen molar-refractivity contribution in [3.8, 4) is 0 Å². The van der Waals surface area contributed by atoms with Gasteiger partial charge in [-0.25, -0.2) is 0 Å². The summed E-state index contributed by atoms with van der Waals surface area (Å²) in [5, 5.41) is 3.64. The average molecular weight is 320 g/mol. The quantitative estimate of drug-likeness (QED) is 0.773. The summed E-state index contributed by atoms with van der Waals surface area (Å²) in [6, 6.07) is 10.2. The molecule has 0 saturated heterocycles. The van der Waals surface area contributed by atoms with E-state index in [4.69, 9.17) is 23.2 Å². The highest BCUT2D eigenvalue weighted by Crippen LogP contribution is 2.34. The summed E-state index contributed by atoms with van der Waals surface area (Å²) in [6.07, 6.45) is -4.40. The van der Waals surface area contributed by atoms with Crippen LogP contribution in [-0.4, -0.2) is 0 Å². The van der Waals surface area contributed by atoms with E-state index in [1.165, 1.54) is 6.07 Å². The molecule has 2 aromatic rings. The zero-order chi connectivity index (χ0) is 14.8. The van der Waals surface area contributed by atoms with Gasteiger partial charge in [-0.2, -0.15) is 13.2 Å². The average Bonchev–Trinajstić information content (AvgIpc) is 2.38. The molecule has 0 radical (unpaired) electrons. The van der Waals surface area contributed by atoms with Crippen LogP contribution in [0.1, 0.15) is 11.1 Å². The zero-order valence-corrected chi connectivity index (χ0v) is 11.7. The minimum absolute atomic E-state index is 0.224. The second-order valence-corrected chi connectivity index (χ2v) is 4.95. The third kappa shape index (κ3) is 3.58. The molecule has 2 rings (SSSR count). The number of hydrogen-bond donors (Lipinski definition) is 1. The summed E-state index contributed by atoms with van der Waals surface area (Å²) in [6.45, 7) is 0.292. The molecule has 1 nitrogen and oxygen atoms in total. The van der Waals surface area contributed by atoms with Crippen molar-refractivity contribution in [3.63, 3.8) is 0 Å². The molecule has 0 fully saturated rings. The topological polar surface area (TPSA) is 12.0 Å². The van der Waals surface area contributed by atoms with Crippen LogP contribution in [0.3, 0.4) is 0 Å². The number of hydrogen-bond acceptors (Lipinski definition) is 1. The Kier molecular flexibility index (Phi) is 4.45. The lowest BCUT2D eigenvalue weighted by Crippen LogP contribution is -2.07. The molecule has 106 valence electrons. The molecule has 0 atom stereocenters. The van der Waals surface area contributed by atoms with Crippen LogP contribution in [0.5, 0.6) is 0 Å². The van der Waals surface area contributed by atoms with Crippen molar-refractivity contribution in [1.29, 1.82) is 0 Å². The monoisotopic (exact) mass is 319 g/mol. The number of alkyl halides is 3. The summed E-state index contributed by atoms with van der Waals surface area (Å²) in [5.74, 6) is 0. The highest BCUT2D eigenvalue weighted by molar-refractivity contribution is 6.33. The van der Waals surface area contributed by atoms with Crippen molar-refractivity contribution in [2.24, 2.45) is 0 Å². The van der Waals surface area contributed by atoms with E-state index in [9.17, 15) is 13.2 Å². The number of benzene rings is 2. The van der Waals surface area contributed by atoms with Gasteiger partial charge >= 0.3 is 6.18 Å². The Morgan fingerprint density at radius 1 is 0.950 bits per heavy atom. The van der Waals surface area contributed by atoms with Gasteiger partial charge in [0.2, 0.25) is 0 Å². The number of anilines is 1. The van der Waals surface area contributed by atoms with Gasteiger partial charge in [-0.15, -0.1) is 0 Å². The van der Waals surface area contributed by atoms with Crippen LogP contribution < -0.4 is 5.32 Å². The molecule has 0 bridgehead atoms. The van der Waals surface area contributed by atoms with E-state index >= 15 is 0 Å². The van der Waals surface area contributed by atoms with Crippen LogP contribution in [0.2, 0.25) is 10.0 Å². The maximum absolute atomic E-state index is 12.6. The SMILES string of the molecule is FC(F)(F)c1ccc(Cl)c(NCc2ccccc2Cl)c1. The molecule has 0 aliphatic heterocycles. The third-order valence-electron chi connectivity index (χ3n) is 2.72. The van der Waals surface area contributed by atoms with Gasteiger partial charge in [0.1, 0.15) is 0 Å². The van der Waals surface area contributed by atoms with Crippen molar-refractivity contribution in [1.82, 2.24) is 0 Å². The molecule has 0 aliphatic carbocycles. The molecule has 0 heterocycles. The van der Waals surface area contributed by atoms with E-state index in [0.717, 1.165) is 17.7 Å². The van der Waals surface area contributed by atoms with E-state index in [1.807, 2.05) is 0 Å². The molecule has 2 aromatic carbocycles. The van der Waals surface area contributed by atoms with Crippen molar-refractivity contribution in [3.05, 3.63) is 63.6 Å². The van der Waals surface area contributed by atoms with Gasteiger partial charge in [-0.1, -0.05) is 41.4 Å². The standard InChI is InChI=1S/C14H10Cl2F3N/c15-11-4-2-1-3-9(11)8-20-13-7-10(14(17,18)19)5-6-12(13)16/h1-7,20H,8H2. The van der Waals surface area contributed by atoms with Crippen LogP contribution in [0.15, 0.2) is 42.5 Å². The third-order valence-corrected chi connectivity index (χ3v) is 3.42. The van der Waals surface area contributed by atoms with Gasteiger partial charge in [-0.3, -0.25) is 0 Å². The van der Waals surface area contributed by atoms with Gasteiger partial charge in [0.25, 0.3) is 0 Å². The predicted octanol–water partition coefficient (Wildman–Crippen LogP) is 5.62. The molecule has 0 spiro atoms. The molecule has 20 heavy (non-hydrogen) atoms. The Hall–Kier alpha value is -1.39. The Morgan fingerprint density at radius 2 is 1.65 bits per heavy atom. The summed E-state index contributed by atoms with van der Waals surface area (Å²) in [7, 11) is 0. The Labute approximate surface area is 124 Å². The minimum Gasteiger partial charge on any atom is -0.380 e. The maximum Gasteiger partial charge on any atom is 0.416 e. The second-order valence-electron chi connectivity index (χ2n) is 4.14. The van der Waals surface area contributed by atoms with E-state index in [0.29, 0.717) is 11.6 Å². The van der Waals surface area contributed by atoms with Crippen LogP contribution in [-0.2, 0) is 12.7 Å². The summed E-state index contributed by atoms with van der Waals surface area (Å²) >= 11 is 11.9. The lowest BCUT2D eigenvalue weighted by atomic mass is 10.1. The Balaban J connectivity index is 2.19. The first-order chi connectivity index (χ1) is 9.38. The molecule has 6 heteroatoms. The van der Waals surface area contributed by atoms with Gasteiger partial charge in [0.05, 0.1) is 16.3 Å². The van der Waals surface area contributed by atoms with Crippen LogP contribution >= 0.6 is 23.2 Å². The molecular weight excluding hydrogens is 310 g/mol. The van der Waals surface area contributed by atoms with E-state index in [1.54, 1.807) is 24.3 Å². The molecule has 0 aromatic heterocycles. The second kappa shape index (κ2) is 5.94. The normalized spacial score (nSPS) is 11.4. The van der Waals surface area contributed by atoms with Crippen molar-refractivity contribution >= 4 is 28.9 Å². The predicted molar refractivity (Wildman–Crippen MR) is 75.2 cm³/mol. The van der Waals surface area contributed by atoms with Gasteiger partial charge in [-0.05, 0) is 29.8 Å². The largest absolute Gasteiger partial charge is 0.416 e. The zero-order valence-electron chi connectivity index (χ0n) is 10.1. The molecule has 0 unspecified atom stereocenters. The fraction of sp³-hybridized carbons (Fsp3) is 0.143. The fourth-order valence-electron chi connectivity index (χ4n) is 1.67. The number of rotatable bonds is 3. The Bertz CT molecular complexity index is 612. The Morgan fingerprint density at radius 3 is 2.30 bits per heavy atom. The van der Waals surface area contributed by atoms with E-state index < -0.39 is 11.7 Å². The lowest BCUT2D eigenvalue weighted by molar-refractivity contribution is -0.137. The van der Waals surface area contributed by atoms with E-state index in [-0.39, 0.29) is 10.7 Å². The summed E-state index contributed by atoms with van der Waals surface area (Å²) in [5.41, 5.74) is 0.257. The number of halogens is 5. The summed E-state index contributed by atoms with van der Waals surface area (Å²) < 4.78 is 37.9. The van der Waals surface area contributed by atoms with Gasteiger partial charge in [0, 0.05) is 11.6 Å². The summed E-state index contributed by atoms with van der Waals surface area (Å²) in [4.78, 5) is 0. The first-order valence-electron chi connectivity index (χ1n) is 5.72. The molecular formula is C14H10Cl2F3N. The highest BCUT2D eigenvalue weighted by Gasteiger charge is 2.30. The van der Waals surface area contributed by atoms with E-state index in [2.05, 4.69) is 5.32 Å². The highest BCUT2D eigenvalue weighted by atomic mass is 35.5. The van der Waals surface area contributed by atoms with Crippen LogP contribution in [0.4, 0.5) is 18.9 Å². The lowest BCUT2D eigenvalue weighted by Gasteiger charge is -2.13. The molecule has 1 N–H and O–H groups in total. The maximum atomic E-state index is 12.6. The molecule has 0 amide bonds. The van der Waals surface area contributed by atoms with Crippen molar-refractivity contribution < 1.29 is 13.2 Å². The van der Waals surface area contributed by atoms with Crippen molar-refractivity contribution in [2.75, 3.05) is 5.32 Å². The van der Waals surface area contributed by atoms with Gasteiger partial charge in [0.15, 0.2) is 0 Å². The number of nitrogens with one attached hydrogen (secondary N) is 1. The fourth-order valence-corrected chi connectivity index (χ4v) is 2.06. The first kappa shape index (κ1) is 15.0. The minimum atomic E-state index is -4.40. The smallest absolute Gasteiger partial charge is 0.380 e. The molecule has 0 aliphatic rings. The first-order valence-corrected chi connectivity index (χ1v) is 6.47. The van der Waals surface area contributed by atoms with Crippen molar-refractivity contribution in [2.45, 2.75) is 12.7 Å². The van der Waals surface area contributed by atoms with Crippen LogP contribution in [0.25, 0.3) is 0 Å².